The van der Waals surface area contributed by atoms with Crippen molar-refractivity contribution in [1.29, 1.82) is 0 Å². The van der Waals surface area contributed by atoms with Crippen LogP contribution in [-0.4, -0.2) is 36.9 Å². The fourth-order valence-corrected chi connectivity index (χ4v) is 4.08. The van der Waals surface area contributed by atoms with Gasteiger partial charge in [0.15, 0.2) is 9.84 Å². The summed E-state index contributed by atoms with van der Waals surface area (Å²) in [5.41, 5.74) is 0.142. The molecule has 7 heteroatoms. The van der Waals surface area contributed by atoms with Crippen LogP contribution in [0.1, 0.15) is 25.8 Å². The zero-order chi connectivity index (χ0) is 16.5. The number of carboxylic acids is 1. The van der Waals surface area contributed by atoms with Crippen LogP contribution in [0.15, 0.2) is 24.3 Å². The third-order valence-electron chi connectivity index (χ3n) is 4.01. The lowest BCUT2D eigenvalue weighted by Gasteiger charge is -2.20. The van der Waals surface area contributed by atoms with Crippen LogP contribution in [0, 0.1) is 5.92 Å². The second-order valence-corrected chi connectivity index (χ2v) is 8.33. The van der Waals surface area contributed by atoms with Crippen LogP contribution < -0.4 is 5.32 Å². The minimum absolute atomic E-state index is 0.0524. The van der Waals surface area contributed by atoms with Gasteiger partial charge < -0.3 is 10.4 Å². The number of carboxylic acid groups (broad SMARTS) is 1. The molecular formula is C15H19NO5S. The summed E-state index contributed by atoms with van der Waals surface area (Å²) in [5, 5.41) is 11.9. The molecule has 120 valence electrons. The number of carbonyl (C=O) groups excluding carboxylic acids is 1. The van der Waals surface area contributed by atoms with Gasteiger partial charge in [0.25, 0.3) is 0 Å². The Morgan fingerprint density at radius 3 is 2.27 bits per heavy atom. The lowest BCUT2D eigenvalue weighted by atomic mass is 9.85. The lowest BCUT2D eigenvalue weighted by molar-refractivity contribution is -0.142. The van der Waals surface area contributed by atoms with Gasteiger partial charge in [-0.05, 0) is 38.0 Å². The molecule has 0 spiro atoms. The van der Waals surface area contributed by atoms with Crippen LogP contribution in [0.3, 0.4) is 0 Å². The van der Waals surface area contributed by atoms with E-state index in [-0.39, 0.29) is 17.4 Å². The molecule has 0 bridgehead atoms. The maximum atomic E-state index is 12.0. The van der Waals surface area contributed by atoms with Gasteiger partial charge in [0.05, 0.1) is 22.8 Å². The highest BCUT2D eigenvalue weighted by atomic mass is 32.2. The first-order valence-corrected chi connectivity index (χ1v) is 8.79. The Morgan fingerprint density at radius 2 is 1.82 bits per heavy atom. The van der Waals surface area contributed by atoms with Crippen molar-refractivity contribution in [2.45, 2.75) is 25.7 Å². The Hall–Kier alpha value is -1.89. The van der Waals surface area contributed by atoms with E-state index in [1.54, 1.807) is 38.1 Å². The molecule has 2 rings (SSSR count). The van der Waals surface area contributed by atoms with Gasteiger partial charge >= 0.3 is 5.97 Å². The molecule has 1 aliphatic heterocycles. The largest absolute Gasteiger partial charge is 0.481 e. The highest BCUT2D eigenvalue weighted by molar-refractivity contribution is 7.91. The van der Waals surface area contributed by atoms with Gasteiger partial charge in [-0.3, -0.25) is 9.59 Å². The SMILES string of the molecule is CC(C)(C(=O)O)c1ccc(NC(=O)C2CCS(=O)(=O)C2)cc1. The molecule has 0 aromatic heterocycles. The fraction of sp³-hybridized carbons (Fsp3) is 0.467. The maximum Gasteiger partial charge on any atom is 0.313 e. The smallest absolute Gasteiger partial charge is 0.313 e. The van der Waals surface area contributed by atoms with Crippen molar-refractivity contribution in [2.24, 2.45) is 5.92 Å². The Morgan fingerprint density at radius 1 is 1.23 bits per heavy atom. The number of carbonyl (C=O) groups is 2. The van der Waals surface area contributed by atoms with E-state index in [1.807, 2.05) is 0 Å². The van der Waals surface area contributed by atoms with Gasteiger partial charge in [0.1, 0.15) is 0 Å². The van der Waals surface area contributed by atoms with E-state index in [0.717, 1.165) is 0 Å². The van der Waals surface area contributed by atoms with E-state index in [2.05, 4.69) is 5.32 Å². The van der Waals surface area contributed by atoms with Crippen molar-refractivity contribution in [3.63, 3.8) is 0 Å². The Kier molecular flexibility index (Phi) is 4.28. The molecule has 0 saturated carbocycles. The number of anilines is 1. The quantitative estimate of drug-likeness (QED) is 0.872. The van der Waals surface area contributed by atoms with Crippen LogP contribution in [0.5, 0.6) is 0 Å². The van der Waals surface area contributed by atoms with E-state index in [0.29, 0.717) is 17.7 Å². The zero-order valence-corrected chi connectivity index (χ0v) is 13.3. The third-order valence-corrected chi connectivity index (χ3v) is 5.78. The molecule has 1 fully saturated rings. The number of benzene rings is 1. The van der Waals surface area contributed by atoms with Crippen LogP contribution in [-0.2, 0) is 24.8 Å². The molecule has 1 amide bonds. The first-order chi connectivity index (χ1) is 10.1. The van der Waals surface area contributed by atoms with E-state index < -0.39 is 27.1 Å². The minimum Gasteiger partial charge on any atom is -0.481 e. The van der Waals surface area contributed by atoms with E-state index in [1.165, 1.54) is 0 Å². The number of hydrogen-bond acceptors (Lipinski definition) is 4. The molecule has 22 heavy (non-hydrogen) atoms. The molecule has 1 saturated heterocycles. The summed E-state index contributed by atoms with van der Waals surface area (Å²) in [6.07, 6.45) is 0.346. The molecule has 1 heterocycles. The van der Waals surface area contributed by atoms with Crippen molar-refractivity contribution >= 4 is 27.4 Å². The molecule has 1 aromatic carbocycles. The fourth-order valence-electron chi connectivity index (χ4n) is 2.34. The predicted octanol–water partition coefficient (Wildman–Crippen LogP) is 1.42. The molecule has 1 aromatic rings. The monoisotopic (exact) mass is 325 g/mol. The summed E-state index contributed by atoms with van der Waals surface area (Å²) < 4.78 is 22.8. The third kappa shape index (κ3) is 3.47. The maximum absolute atomic E-state index is 12.0. The van der Waals surface area contributed by atoms with Crippen molar-refractivity contribution < 1.29 is 23.1 Å². The van der Waals surface area contributed by atoms with Crippen molar-refractivity contribution in [1.82, 2.24) is 0 Å². The molecule has 1 unspecified atom stereocenters. The van der Waals surface area contributed by atoms with Gasteiger partial charge in [0, 0.05) is 5.69 Å². The Balaban J connectivity index is 2.06. The molecule has 1 atom stereocenters. The van der Waals surface area contributed by atoms with Crippen molar-refractivity contribution in [3.8, 4) is 0 Å². The molecule has 0 aliphatic carbocycles. The average Bonchev–Trinajstić information content (AvgIpc) is 2.79. The minimum atomic E-state index is -3.09. The Bertz CT molecular complexity index is 691. The normalized spacial score (nSPS) is 20.5. The van der Waals surface area contributed by atoms with Gasteiger partial charge in [0.2, 0.25) is 5.91 Å². The predicted molar refractivity (Wildman–Crippen MR) is 82.5 cm³/mol. The van der Waals surface area contributed by atoms with Crippen LogP contribution in [0.4, 0.5) is 5.69 Å². The standard InChI is InChI=1S/C15H19NO5S/c1-15(2,14(18)19)11-3-5-12(6-4-11)16-13(17)10-7-8-22(20,21)9-10/h3-6,10H,7-9H2,1-2H3,(H,16,17)(H,18,19). The summed E-state index contributed by atoms with van der Waals surface area (Å²) in [4.78, 5) is 23.2. The number of aliphatic carboxylic acids is 1. The average molecular weight is 325 g/mol. The topological polar surface area (TPSA) is 101 Å². The van der Waals surface area contributed by atoms with Crippen molar-refractivity contribution in [2.75, 3.05) is 16.8 Å². The first-order valence-electron chi connectivity index (χ1n) is 6.97. The van der Waals surface area contributed by atoms with Gasteiger partial charge in [-0.25, -0.2) is 8.42 Å². The second-order valence-electron chi connectivity index (χ2n) is 6.10. The van der Waals surface area contributed by atoms with E-state index in [9.17, 15) is 23.1 Å². The summed E-state index contributed by atoms with van der Waals surface area (Å²) >= 11 is 0. The number of rotatable bonds is 4. The summed E-state index contributed by atoms with van der Waals surface area (Å²) in [6.45, 7) is 3.21. The highest BCUT2D eigenvalue weighted by Crippen LogP contribution is 2.25. The van der Waals surface area contributed by atoms with Crippen LogP contribution in [0.25, 0.3) is 0 Å². The molecule has 0 radical (unpaired) electrons. The number of amides is 1. The van der Waals surface area contributed by atoms with Gasteiger partial charge in [-0.2, -0.15) is 0 Å². The summed E-state index contributed by atoms with van der Waals surface area (Å²) in [5.74, 6) is -1.81. The number of hydrogen-bond donors (Lipinski definition) is 2. The molecule has 6 nitrogen and oxygen atoms in total. The summed E-state index contributed by atoms with van der Waals surface area (Å²) in [6, 6.07) is 6.55. The van der Waals surface area contributed by atoms with Crippen molar-refractivity contribution in [3.05, 3.63) is 29.8 Å². The van der Waals surface area contributed by atoms with E-state index in [4.69, 9.17) is 0 Å². The molecule has 2 N–H and O–H groups in total. The summed E-state index contributed by atoms with van der Waals surface area (Å²) in [7, 11) is -3.09. The Labute approximate surface area is 129 Å². The second kappa shape index (κ2) is 5.72. The zero-order valence-electron chi connectivity index (χ0n) is 12.5. The van der Waals surface area contributed by atoms with E-state index >= 15 is 0 Å². The lowest BCUT2D eigenvalue weighted by Crippen LogP contribution is -2.28. The first kappa shape index (κ1) is 16.5. The molecular weight excluding hydrogens is 306 g/mol. The molecule has 1 aliphatic rings. The van der Waals surface area contributed by atoms with Crippen LogP contribution >= 0.6 is 0 Å². The highest BCUT2D eigenvalue weighted by Gasteiger charge is 2.33. The van der Waals surface area contributed by atoms with Crippen LogP contribution in [0.2, 0.25) is 0 Å². The van der Waals surface area contributed by atoms with Gasteiger partial charge in [-0.1, -0.05) is 12.1 Å². The van der Waals surface area contributed by atoms with Gasteiger partial charge in [-0.15, -0.1) is 0 Å². The number of nitrogens with one attached hydrogen (secondary N) is 1. The number of sulfone groups is 1.